The van der Waals surface area contributed by atoms with Gasteiger partial charge in [-0.1, -0.05) is 41.4 Å². The molecule has 2 rings (SSSR count). The lowest BCUT2D eigenvalue weighted by Crippen LogP contribution is -2.03. The smallest absolute Gasteiger partial charge is 0.129 e. The first-order valence-corrected chi connectivity index (χ1v) is 6.36. The van der Waals surface area contributed by atoms with Gasteiger partial charge in [0.2, 0.25) is 0 Å². The Labute approximate surface area is 116 Å². The fourth-order valence-electron chi connectivity index (χ4n) is 1.73. The predicted molar refractivity (Wildman–Crippen MR) is 74.1 cm³/mol. The number of aryl methyl sites for hydroxylation is 1. The van der Waals surface area contributed by atoms with Crippen LogP contribution in [0, 0.1) is 6.92 Å². The molecule has 0 aliphatic rings. The number of aromatic nitrogens is 1. The average molecular weight is 282 g/mol. The van der Waals surface area contributed by atoms with E-state index in [1.54, 1.807) is 18.3 Å². The van der Waals surface area contributed by atoms with Crippen molar-refractivity contribution in [2.75, 3.05) is 0 Å². The Balaban J connectivity index is 2.15. The minimum atomic E-state index is -0.630. The molecule has 1 aromatic carbocycles. The van der Waals surface area contributed by atoms with Crippen molar-refractivity contribution in [2.45, 2.75) is 19.4 Å². The number of aliphatic hydroxyl groups excluding tert-OH is 1. The molecule has 1 atom stereocenters. The lowest BCUT2D eigenvalue weighted by atomic mass is 10.0. The van der Waals surface area contributed by atoms with Crippen LogP contribution in [0.2, 0.25) is 10.2 Å². The summed E-state index contributed by atoms with van der Waals surface area (Å²) in [4.78, 5) is 3.95. The highest BCUT2D eigenvalue weighted by Crippen LogP contribution is 2.24. The van der Waals surface area contributed by atoms with Crippen LogP contribution in [0.4, 0.5) is 0 Å². The van der Waals surface area contributed by atoms with Gasteiger partial charge in [-0.2, -0.15) is 0 Å². The molecule has 1 heterocycles. The molecule has 0 aliphatic carbocycles. The fraction of sp³-hybridized carbons (Fsp3) is 0.214. The fourth-order valence-corrected chi connectivity index (χ4v) is 2.15. The van der Waals surface area contributed by atoms with Gasteiger partial charge in [0.05, 0.1) is 6.10 Å². The van der Waals surface area contributed by atoms with Crippen LogP contribution in [0.1, 0.15) is 22.8 Å². The van der Waals surface area contributed by atoms with Gasteiger partial charge in [0.15, 0.2) is 0 Å². The molecule has 0 radical (unpaired) electrons. The highest BCUT2D eigenvalue weighted by molar-refractivity contribution is 6.31. The van der Waals surface area contributed by atoms with E-state index < -0.39 is 6.10 Å². The van der Waals surface area contributed by atoms with E-state index in [-0.39, 0.29) is 0 Å². The van der Waals surface area contributed by atoms with Gasteiger partial charge in [0.1, 0.15) is 5.15 Å². The van der Waals surface area contributed by atoms with E-state index in [0.29, 0.717) is 16.6 Å². The first kappa shape index (κ1) is 13.3. The van der Waals surface area contributed by atoms with Crippen molar-refractivity contribution in [3.05, 3.63) is 63.4 Å². The van der Waals surface area contributed by atoms with E-state index >= 15 is 0 Å². The lowest BCUT2D eigenvalue weighted by molar-refractivity contribution is 0.178. The molecule has 1 N–H and O–H groups in total. The number of pyridine rings is 1. The first-order valence-electron chi connectivity index (χ1n) is 5.61. The van der Waals surface area contributed by atoms with Crippen LogP contribution < -0.4 is 0 Å². The average Bonchev–Trinajstić information content (AvgIpc) is 2.33. The third-order valence-electron chi connectivity index (χ3n) is 2.76. The van der Waals surface area contributed by atoms with Gasteiger partial charge >= 0.3 is 0 Å². The van der Waals surface area contributed by atoms with Crippen LogP contribution in [-0.2, 0) is 6.42 Å². The summed E-state index contributed by atoms with van der Waals surface area (Å²) in [6, 6.07) is 9.24. The van der Waals surface area contributed by atoms with Gasteiger partial charge in [-0.3, -0.25) is 0 Å². The summed E-state index contributed by atoms with van der Waals surface area (Å²) in [7, 11) is 0. The standard InChI is InChI=1S/C14H13Cl2NO/c1-9-2-3-10(12(15)6-9)7-13(18)11-4-5-14(16)17-8-11/h2-6,8,13,18H,7H2,1H3. The van der Waals surface area contributed by atoms with Crippen LogP contribution in [0.25, 0.3) is 0 Å². The Morgan fingerprint density at radius 3 is 2.61 bits per heavy atom. The highest BCUT2D eigenvalue weighted by Gasteiger charge is 2.11. The summed E-state index contributed by atoms with van der Waals surface area (Å²) in [6.07, 6.45) is 1.41. The molecular weight excluding hydrogens is 269 g/mol. The molecule has 0 fully saturated rings. The third kappa shape index (κ3) is 3.22. The van der Waals surface area contributed by atoms with Crippen LogP contribution in [0.3, 0.4) is 0 Å². The quantitative estimate of drug-likeness (QED) is 0.864. The van der Waals surface area contributed by atoms with Crippen molar-refractivity contribution in [3.63, 3.8) is 0 Å². The Bertz CT molecular complexity index is 540. The van der Waals surface area contributed by atoms with E-state index in [4.69, 9.17) is 23.2 Å². The number of benzene rings is 1. The van der Waals surface area contributed by atoms with E-state index in [9.17, 15) is 5.11 Å². The Morgan fingerprint density at radius 2 is 2.00 bits per heavy atom. The van der Waals surface area contributed by atoms with Gasteiger partial charge < -0.3 is 5.11 Å². The molecule has 0 saturated heterocycles. The van der Waals surface area contributed by atoms with Crippen molar-refractivity contribution >= 4 is 23.2 Å². The minimum absolute atomic E-state index is 0.416. The Kier molecular flexibility index (Phi) is 4.23. The van der Waals surface area contributed by atoms with E-state index in [0.717, 1.165) is 16.7 Å². The Morgan fingerprint density at radius 1 is 1.22 bits per heavy atom. The summed E-state index contributed by atoms with van der Waals surface area (Å²) in [5, 5.41) is 11.2. The summed E-state index contributed by atoms with van der Waals surface area (Å²) in [5.41, 5.74) is 2.76. The van der Waals surface area contributed by atoms with E-state index in [1.807, 2.05) is 25.1 Å². The second kappa shape index (κ2) is 5.70. The number of rotatable bonds is 3. The van der Waals surface area contributed by atoms with Crippen molar-refractivity contribution in [3.8, 4) is 0 Å². The summed E-state index contributed by atoms with van der Waals surface area (Å²) >= 11 is 11.8. The molecule has 1 aromatic heterocycles. The number of halogens is 2. The zero-order valence-electron chi connectivity index (χ0n) is 9.90. The van der Waals surface area contributed by atoms with Crippen molar-refractivity contribution in [1.29, 1.82) is 0 Å². The van der Waals surface area contributed by atoms with Crippen LogP contribution in [0.15, 0.2) is 36.5 Å². The maximum absolute atomic E-state index is 10.1. The molecule has 4 heteroatoms. The topological polar surface area (TPSA) is 33.1 Å². The number of aliphatic hydroxyl groups is 1. The third-order valence-corrected chi connectivity index (χ3v) is 3.33. The zero-order valence-corrected chi connectivity index (χ0v) is 11.4. The summed E-state index contributed by atoms with van der Waals surface area (Å²) < 4.78 is 0. The predicted octanol–water partition coefficient (Wildman–Crippen LogP) is 3.97. The molecule has 0 amide bonds. The molecule has 1 unspecified atom stereocenters. The van der Waals surface area contributed by atoms with Gasteiger partial charge in [-0.05, 0) is 35.7 Å². The van der Waals surface area contributed by atoms with Gasteiger partial charge in [-0.15, -0.1) is 0 Å². The monoisotopic (exact) mass is 281 g/mol. The first-order chi connectivity index (χ1) is 8.56. The van der Waals surface area contributed by atoms with Crippen molar-refractivity contribution < 1.29 is 5.11 Å². The van der Waals surface area contributed by atoms with Crippen LogP contribution in [-0.4, -0.2) is 10.1 Å². The number of hydrogen-bond acceptors (Lipinski definition) is 2. The SMILES string of the molecule is Cc1ccc(CC(O)c2ccc(Cl)nc2)c(Cl)c1. The molecule has 2 nitrogen and oxygen atoms in total. The van der Waals surface area contributed by atoms with Gasteiger partial charge in [-0.25, -0.2) is 4.98 Å². The minimum Gasteiger partial charge on any atom is -0.388 e. The molecule has 0 spiro atoms. The number of nitrogens with zero attached hydrogens (tertiary/aromatic N) is 1. The summed E-state index contributed by atoms with van der Waals surface area (Å²) in [6.45, 7) is 1.98. The molecule has 94 valence electrons. The molecular formula is C14H13Cl2NO. The van der Waals surface area contributed by atoms with Crippen molar-refractivity contribution in [1.82, 2.24) is 4.98 Å². The van der Waals surface area contributed by atoms with E-state index in [2.05, 4.69) is 4.98 Å². The molecule has 18 heavy (non-hydrogen) atoms. The maximum Gasteiger partial charge on any atom is 0.129 e. The van der Waals surface area contributed by atoms with Gasteiger partial charge in [0.25, 0.3) is 0 Å². The lowest BCUT2D eigenvalue weighted by Gasteiger charge is -2.12. The maximum atomic E-state index is 10.1. The normalized spacial score (nSPS) is 12.4. The van der Waals surface area contributed by atoms with Crippen LogP contribution in [0.5, 0.6) is 0 Å². The van der Waals surface area contributed by atoms with E-state index in [1.165, 1.54) is 0 Å². The Hall–Kier alpha value is -1.09. The molecule has 0 bridgehead atoms. The molecule has 0 aliphatic heterocycles. The highest BCUT2D eigenvalue weighted by atomic mass is 35.5. The molecule has 2 aromatic rings. The summed E-state index contributed by atoms with van der Waals surface area (Å²) in [5.74, 6) is 0. The van der Waals surface area contributed by atoms with Crippen LogP contribution >= 0.6 is 23.2 Å². The second-order valence-electron chi connectivity index (χ2n) is 4.23. The van der Waals surface area contributed by atoms with Crippen molar-refractivity contribution in [2.24, 2.45) is 0 Å². The number of hydrogen-bond donors (Lipinski definition) is 1. The zero-order chi connectivity index (χ0) is 13.1. The largest absolute Gasteiger partial charge is 0.388 e. The van der Waals surface area contributed by atoms with Gasteiger partial charge in [0, 0.05) is 17.6 Å². The second-order valence-corrected chi connectivity index (χ2v) is 5.02. The molecule has 0 saturated carbocycles.